The number of piperazine rings is 1. The van der Waals surface area contributed by atoms with Crippen LogP contribution in [0.25, 0.3) is 0 Å². The average molecular weight is 292 g/mol. The van der Waals surface area contributed by atoms with E-state index in [0.717, 1.165) is 19.4 Å². The fourth-order valence-electron chi connectivity index (χ4n) is 3.76. The van der Waals surface area contributed by atoms with Crippen LogP contribution in [0, 0.1) is 23.2 Å². The lowest BCUT2D eigenvalue weighted by molar-refractivity contribution is -0.153. The minimum Gasteiger partial charge on any atom is -0.342 e. The zero-order valence-electron chi connectivity index (χ0n) is 13.7. The first kappa shape index (κ1) is 14.9. The Morgan fingerprint density at radius 1 is 1.19 bits per heavy atom. The highest BCUT2D eigenvalue weighted by atomic mass is 16.2. The van der Waals surface area contributed by atoms with E-state index in [1.54, 1.807) is 0 Å². The average Bonchev–Trinajstić information content (AvgIpc) is 3.25. The first-order valence-corrected chi connectivity index (χ1v) is 8.46. The molecule has 2 aliphatic carbocycles. The number of hydrogen-bond acceptors (Lipinski definition) is 2. The van der Waals surface area contributed by atoms with Crippen molar-refractivity contribution >= 4 is 11.8 Å². The molecule has 2 atom stereocenters. The molecule has 0 radical (unpaired) electrons. The number of carbonyl (C=O) groups is 2. The lowest BCUT2D eigenvalue weighted by Gasteiger charge is -2.43. The Labute approximate surface area is 127 Å². The molecule has 0 aromatic carbocycles. The van der Waals surface area contributed by atoms with Crippen LogP contribution in [-0.2, 0) is 9.59 Å². The first-order chi connectivity index (χ1) is 9.85. The highest BCUT2D eigenvalue weighted by Gasteiger charge is 2.53. The zero-order valence-corrected chi connectivity index (χ0v) is 13.7. The van der Waals surface area contributed by atoms with Crippen LogP contribution < -0.4 is 5.32 Å². The molecule has 21 heavy (non-hydrogen) atoms. The van der Waals surface area contributed by atoms with Crippen LogP contribution in [0.4, 0.5) is 0 Å². The Bertz CT molecular complexity index is 450. The van der Waals surface area contributed by atoms with E-state index in [1.165, 1.54) is 12.8 Å². The highest BCUT2D eigenvalue weighted by molar-refractivity contribution is 5.97. The quantitative estimate of drug-likeness (QED) is 0.844. The van der Waals surface area contributed by atoms with Crippen molar-refractivity contribution in [2.75, 3.05) is 6.54 Å². The van der Waals surface area contributed by atoms with Gasteiger partial charge in [-0.2, -0.15) is 0 Å². The molecule has 3 fully saturated rings. The summed E-state index contributed by atoms with van der Waals surface area (Å²) in [5, 5.41) is 2.99. The fraction of sp³-hybridized carbons (Fsp3) is 0.882. The van der Waals surface area contributed by atoms with E-state index >= 15 is 0 Å². The molecule has 0 bridgehead atoms. The summed E-state index contributed by atoms with van der Waals surface area (Å²) in [5.74, 6) is 1.34. The second-order valence-electron chi connectivity index (χ2n) is 8.00. The summed E-state index contributed by atoms with van der Waals surface area (Å²) in [4.78, 5) is 27.3. The number of hydrogen-bond donors (Lipinski definition) is 1. The van der Waals surface area contributed by atoms with Crippen LogP contribution in [0.1, 0.15) is 53.4 Å². The van der Waals surface area contributed by atoms with Gasteiger partial charge in [-0.15, -0.1) is 0 Å². The maximum absolute atomic E-state index is 12.9. The van der Waals surface area contributed by atoms with Crippen molar-refractivity contribution < 1.29 is 9.59 Å². The lowest BCUT2D eigenvalue weighted by Crippen LogP contribution is -2.66. The van der Waals surface area contributed by atoms with E-state index in [1.807, 2.05) is 18.7 Å². The summed E-state index contributed by atoms with van der Waals surface area (Å²) < 4.78 is 0. The largest absolute Gasteiger partial charge is 0.342 e. The molecule has 1 aliphatic heterocycles. The SMILES string of the molecule is CC(C)C1C(=O)NC(C2CC2)C(=O)N1CC1(C(C)C)CC1. The summed E-state index contributed by atoms with van der Waals surface area (Å²) in [6.45, 7) is 9.32. The lowest BCUT2D eigenvalue weighted by atomic mass is 9.88. The van der Waals surface area contributed by atoms with Gasteiger partial charge in [-0.3, -0.25) is 9.59 Å². The topological polar surface area (TPSA) is 49.4 Å². The molecule has 1 N–H and O–H groups in total. The Morgan fingerprint density at radius 2 is 1.81 bits per heavy atom. The van der Waals surface area contributed by atoms with Crippen LogP contribution in [0.15, 0.2) is 0 Å². The molecule has 2 unspecified atom stereocenters. The predicted molar refractivity (Wildman–Crippen MR) is 81.5 cm³/mol. The summed E-state index contributed by atoms with van der Waals surface area (Å²) in [6.07, 6.45) is 4.53. The van der Waals surface area contributed by atoms with Gasteiger partial charge in [0.25, 0.3) is 0 Å². The van der Waals surface area contributed by atoms with E-state index in [0.29, 0.717) is 11.8 Å². The van der Waals surface area contributed by atoms with Crippen molar-refractivity contribution in [3.8, 4) is 0 Å². The maximum atomic E-state index is 12.9. The van der Waals surface area contributed by atoms with Crippen LogP contribution >= 0.6 is 0 Å². The van der Waals surface area contributed by atoms with Crippen LogP contribution in [0.5, 0.6) is 0 Å². The van der Waals surface area contributed by atoms with Crippen molar-refractivity contribution in [3.63, 3.8) is 0 Å². The van der Waals surface area contributed by atoms with Gasteiger partial charge in [-0.1, -0.05) is 27.7 Å². The Kier molecular flexibility index (Phi) is 3.53. The molecule has 0 spiro atoms. The number of nitrogens with zero attached hydrogens (tertiary/aromatic N) is 1. The number of amides is 2. The minimum absolute atomic E-state index is 0.0565. The van der Waals surface area contributed by atoms with Crippen LogP contribution in [-0.4, -0.2) is 35.3 Å². The molecule has 4 heteroatoms. The van der Waals surface area contributed by atoms with E-state index in [9.17, 15) is 9.59 Å². The second kappa shape index (κ2) is 4.99. The van der Waals surface area contributed by atoms with Gasteiger partial charge in [0.15, 0.2) is 0 Å². The Balaban J connectivity index is 1.83. The van der Waals surface area contributed by atoms with Gasteiger partial charge in [0, 0.05) is 6.54 Å². The molecule has 2 amide bonds. The summed E-state index contributed by atoms with van der Waals surface area (Å²) in [5.41, 5.74) is 0.258. The summed E-state index contributed by atoms with van der Waals surface area (Å²) in [6, 6.07) is -0.542. The van der Waals surface area contributed by atoms with Gasteiger partial charge in [-0.25, -0.2) is 0 Å². The molecule has 1 saturated heterocycles. The first-order valence-electron chi connectivity index (χ1n) is 8.46. The molecular weight excluding hydrogens is 264 g/mol. The summed E-state index contributed by atoms with van der Waals surface area (Å²) in [7, 11) is 0. The van der Waals surface area contributed by atoms with Gasteiger partial charge in [0.1, 0.15) is 12.1 Å². The molecule has 3 rings (SSSR count). The van der Waals surface area contributed by atoms with Crippen LogP contribution in [0.3, 0.4) is 0 Å². The smallest absolute Gasteiger partial charge is 0.246 e. The fourth-order valence-corrected chi connectivity index (χ4v) is 3.76. The highest BCUT2D eigenvalue weighted by Crippen LogP contribution is 2.53. The van der Waals surface area contributed by atoms with E-state index in [4.69, 9.17) is 0 Å². The Hall–Kier alpha value is -1.06. The molecule has 1 heterocycles. The zero-order chi connectivity index (χ0) is 15.4. The monoisotopic (exact) mass is 292 g/mol. The molecular formula is C17H28N2O2. The van der Waals surface area contributed by atoms with E-state index in [-0.39, 0.29) is 35.2 Å². The van der Waals surface area contributed by atoms with Gasteiger partial charge in [0.05, 0.1) is 0 Å². The van der Waals surface area contributed by atoms with E-state index in [2.05, 4.69) is 19.2 Å². The summed E-state index contributed by atoms with van der Waals surface area (Å²) >= 11 is 0. The van der Waals surface area contributed by atoms with Crippen molar-refractivity contribution in [2.24, 2.45) is 23.2 Å². The van der Waals surface area contributed by atoms with Crippen molar-refractivity contribution in [3.05, 3.63) is 0 Å². The molecule has 0 aromatic heterocycles. The third-order valence-electron chi connectivity index (χ3n) is 5.78. The normalized spacial score (nSPS) is 31.8. The van der Waals surface area contributed by atoms with Gasteiger partial charge in [-0.05, 0) is 48.9 Å². The molecule has 2 saturated carbocycles. The second-order valence-corrected chi connectivity index (χ2v) is 8.00. The standard InChI is InChI=1S/C17H28N2O2/c1-10(2)14-15(20)18-13(12-5-6-12)16(21)19(14)9-17(7-8-17)11(3)4/h10-14H,5-9H2,1-4H3,(H,18,20). The maximum Gasteiger partial charge on any atom is 0.246 e. The molecule has 4 nitrogen and oxygen atoms in total. The van der Waals surface area contributed by atoms with Gasteiger partial charge in [0.2, 0.25) is 11.8 Å². The number of nitrogens with one attached hydrogen (secondary N) is 1. The molecule has 0 aromatic rings. The van der Waals surface area contributed by atoms with E-state index < -0.39 is 0 Å². The third kappa shape index (κ3) is 2.58. The molecule has 118 valence electrons. The van der Waals surface area contributed by atoms with Crippen molar-refractivity contribution in [2.45, 2.75) is 65.5 Å². The molecule has 3 aliphatic rings. The Morgan fingerprint density at radius 3 is 2.24 bits per heavy atom. The van der Waals surface area contributed by atoms with Gasteiger partial charge >= 0.3 is 0 Å². The number of rotatable bonds is 5. The van der Waals surface area contributed by atoms with Crippen molar-refractivity contribution in [1.29, 1.82) is 0 Å². The van der Waals surface area contributed by atoms with Crippen LogP contribution in [0.2, 0.25) is 0 Å². The number of carbonyl (C=O) groups excluding carboxylic acids is 2. The van der Waals surface area contributed by atoms with Crippen molar-refractivity contribution in [1.82, 2.24) is 10.2 Å². The predicted octanol–water partition coefficient (Wildman–Crippen LogP) is 2.18. The van der Waals surface area contributed by atoms with Gasteiger partial charge < -0.3 is 10.2 Å². The third-order valence-corrected chi connectivity index (χ3v) is 5.78. The minimum atomic E-state index is -0.288.